The molecule has 0 saturated carbocycles. The summed E-state index contributed by atoms with van der Waals surface area (Å²) in [5.74, 6) is 0.0524. The Hall–Kier alpha value is -0.200. The summed E-state index contributed by atoms with van der Waals surface area (Å²) in [6, 6.07) is 1.52. The standard InChI is InChI=1S/C7H9INO4P/c1-2-11-7(10)6-3-5(13-9-6)4-12-14-8/h3,14H,2,4H2,1H3. The van der Waals surface area contributed by atoms with Crippen molar-refractivity contribution >= 4 is 34.5 Å². The third-order valence-corrected chi connectivity index (χ3v) is 2.50. The minimum Gasteiger partial charge on any atom is -0.461 e. The smallest absolute Gasteiger partial charge is 0.360 e. The van der Waals surface area contributed by atoms with Crippen LogP contribution in [0.3, 0.4) is 0 Å². The lowest BCUT2D eigenvalue weighted by atomic mass is 10.4. The lowest BCUT2D eigenvalue weighted by Crippen LogP contribution is -2.04. The lowest BCUT2D eigenvalue weighted by Gasteiger charge is -1.94. The fourth-order valence-electron chi connectivity index (χ4n) is 0.781. The number of nitrogens with zero attached hydrogens (tertiary/aromatic N) is 1. The van der Waals surface area contributed by atoms with Gasteiger partial charge in [0, 0.05) is 6.07 Å². The molecule has 0 aliphatic rings. The van der Waals surface area contributed by atoms with Gasteiger partial charge in [0.2, 0.25) is 0 Å². The van der Waals surface area contributed by atoms with Crippen molar-refractivity contribution in [3.63, 3.8) is 0 Å². The van der Waals surface area contributed by atoms with Crippen molar-refractivity contribution in [1.82, 2.24) is 5.16 Å². The van der Waals surface area contributed by atoms with Gasteiger partial charge >= 0.3 is 5.97 Å². The molecule has 1 heterocycles. The maximum atomic E-state index is 11.1. The van der Waals surface area contributed by atoms with Crippen molar-refractivity contribution in [2.75, 3.05) is 6.61 Å². The molecule has 7 heteroatoms. The van der Waals surface area contributed by atoms with Crippen LogP contribution in [0.5, 0.6) is 0 Å². The molecular formula is C7H9INO4P. The molecule has 14 heavy (non-hydrogen) atoms. The summed E-state index contributed by atoms with van der Waals surface area (Å²) in [4.78, 5) is 11.1. The highest BCUT2D eigenvalue weighted by Crippen LogP contribution is 2.23. The molecule has 1 rings (SSSR count). The average molecular weight is 329 g/mol. The highest BCUT2D eigenvalue weighted by molar-refractivity contribution is 14.2. The molecule has 0 aliphatic heterocycles. The number of carbonyl (C=O) groups is 1. The highest BCUT2D eigenvalue weighted by Gasteiger charge is 2.12. The van der Waals surface area contributed by atoms with Crippen LogP contribution in [0.15, 0.2) is 10.6 Å². The first-order valence-electron chi connectivity index (χ1n) is 3.88. The van der Waals surface area contributed by atoms with E-state index in [0.717, 1.165) is 0 Å². The maximum Gasteiger partial charge on any atom is 0.360 e. The number of esters is 1. The normalized spacial score (nSPS) is 11.0. The Morgan fingerprint density at radius 3 is 3.21 bits per heavy atom. The van der Waals surface area contributed by atoms with Crippen molar-refractivity contribution in [3.8, 4) is 0 Å². The molecule has 78 valence electrons. The van der Waals surface area contributed by atoms with Gasteiger partial charge < -0.3 is 13.8 Å². The second-order valence-electron chi connectivity index (χ2n) is 2.26. The van der Waals surface area contributed by atoms with E-state index < -0.39 is 5.97 Å². The Morgan fingerprint density at radius 2 is 2.57 bits per heavy atom. The van der Waals surface area contributed by atoms with Crippen LogP contribution in [-0.2, 0) is 15.9 Å². The highest BCUT2D eigenvalue weighted by atomic mass is 127. The van der Waals surface area contributed by atoms with Gasteiger partial charge in [-0.25, -0.2) is 4.79 Å². The fourth-order valence-corrected chi connectivity index (χ4v) is 1.44. The summed E-state index contributed by atoms with van der Waals surface area (Å²) in [6.07, 6.45) is 0. The third-order valence-electron chi connectivity index (χ3n) is 1.31. The van der Waals surface area contributed by atoms with Crippen LogP contribution in [0.4, 0.5) is 0 Å². The zero-order valence-electron chi connectivity index (χ0n) is 7.45. The van der Waals surface area contributed by atoms with Gasteiger partial charge in [0.15, 0.2) is 11.5 Å². The molecule has 1 aromatic rings. The molecule has 5 nitrogen and oxygen atoms in total. The number of carbonyl (C=O) groups excluding carboxylic acids is 1. The molecule has 0 fully saturated rings. The molecule has 0 bridgehead atoms. The molecule has 1 unspecified atom stereocenters. The van der Waals surface area contributed by atoms with Crippen LogP contribution >= 0.6 is 28.5 Å². The monoisotopic (exact) mass is 329 g/mol. The molecule has 0 N–H and O–H groups in total. The first-order chi connectivity index (χ1) is 6.77. The van der Waals surface area contributed by atoms with Crippen molar-refractivity contribution in [2.45, 2.75) is 13.5 Å². The van der Waals surface area contributed by atoms with Gasteiger partial charge in [-0.1, -0.05) is 5.16 Å². The second-order valence-corrected chi connectivity index (χ2v) is 4.03. The summed E-state index contributed by atoms with van der Waals surface area (Å²) in [7, 11) is 0. The van der Waals surface area contributed by atoms with Gasteiger partial charge in [-0.3, -0.25) is 0 Å². The second kappa shape index (κ2) is 6.31. The maximum absolute atomic E-state index is 11.1. The van der Waals surface area contributed by atoms with E-state index in [0.29, 0.717) is 25.4 Å². The largest absolute Gasteiger partial charge is 0.461 e. The third kappa shape index (κ3) is 3.51. The van der Waals surface area contributed by atoms with Crippen LogP contribution in [0.1, 0.15) is 23.2 Å². The van der Waals surface area contributed by atoms with E-state index in [-0.39, 0.29) is 5.69 Å². The van der Waals surface area contributed by atoms with Crippen molar-refractivity contribution in [3.05, 3.63) is 17.5 Å². The Kier molecular flexibility index (Phi) is 5.36. The Labute approximate surface area is 95.9 Å². The lowest BCUT2D eigenvalue weighted by molar-refractivity contribution is 0.0514. The summed E-state index contributed by atoms with van der Waals surface area (Å²) >= 11 is 2.10. The zero-order chi connectivity index (χ0) is 10.4. The average Bonchev–Trinajstić information content (AvgIpc) is 2.63. The topological polar surface area (TPSA) is 61.6 Å². The minimum atomic E-state index is -0.473. The van der Waals surface area contributed by atoms with Gasteiger partial charge in [0.25, 0.3) is 0 Å². The molecular weight excluding hydrogens is 320 g/mol. The van der Waals surface area contributed by atoms with Gasteiger partial charge in [-0.2, -0.15) is 0 Å². The summed E-state index contributed by atoms with van der Waals surface area (Å²) in [6.45, 7) is 2.74. The van der Waals surface area contributed by atoms with E-state index in [1.54, 1.807) is 6.92 Å². The van der Waals surface area contributed by atoms with Crippen molar-refractivity contribution < 1.29 is 18.6 Å². The van der Waals surface area contributed by atoms with Crippen LogP contribution in [0.25, 0.3) is 0 Å². The Morgan fingerprint density at radius 1 is 1.79 bits per heavy atom. The summed E-state index contributed by atoms with van der Waals surface area (Å²) in [5.41, 5.74) is 0.183. The van der Waals surface area contributed by atoms with Gasteiger partial charge in [-0.05, 0) is 29.0 Å². The summed E-state index contributed by atoms with van der Waals surface area (Å²) < 4.78 is 14.7. The van der Waals surface area contributed by atoms with E-state index in [1.165, 1.54) is 6.07 Å². The van der Waals surface area contributed by atoms with Gasteiger partial charge in [-0.15, -0.1) is 0 Å². The first-order valence-corrected chi connectivity index (χ1v) is 7.90. The van der Waals surface area contributed by atoms with Crippen LogP contribution in [0, 0.1) is 0 Å². The van der Waals surface area contributed by atoms with E-state index in [4.69, 9.17) is 13.8 Å². The van der Waals surface area contributed by atoms with Crippen LogP contribution < -0.4 is 0 Å². The van der Waals surface area contributed by atoms with Crippen molar-refractivity contribution in [2.24, 2.45) is 0 Å². The zero-order valence-corrected chi connectivity index (χ0v) is 10.6. The van der Waals surface area contributed by atoms with Gasteiger partial charge in [0.05, 0.1) is 13.1 Å². The molecule has 0 aromatic carbocycles. The first kappa shape index (κ1) is 11.9. The molecule has 0 amide bonds. The van der Waals surface area contributed by atoms with Crippen LogP contribution in [-0.4, -0.2) is 17.7 Å². The number of rotatable bonds is 5. The predicted molar refractivity (Wildman–Crippen MR) is 59.6 cm³/mol. The quantitative estimate of drug-likeness (QED) is 0.471. The molecule has 1 atom stereocenters. The summed E-state index contributed by atoms with van der Waals surface area (Å²) in [5, 5.41) is 3.56. The fraction of sp³-hybridized carbons (Fsp3) is 0.429. The molecule has 1 aromatic heterocycles. The minimum absolute atomic E-state index is 0.183. The van der Waals surface area contributed by atoms with E-state index in [1.807, 2.05) is 0 Å². The molecule has 0 spiro atoms. The molecule has 0 aliphatic carbocycles. The van der Waals surface area contributed by atoms with Gasteiger partial charge in [0.1, 0.15) is 6.61 Å². The SMILES string of the molecule is CCOC(=O)c1cc(COPI)on1. The predicted octanol–water partition coefficient (Wildman–Crippen LogP) is 2.31. The number of halogens is 1. The van der Waals surface area contributed by atoms with E-state index in [2.05, 4.69) is 27.2 Å². The number of hydrogen-bond acceptors (Lipinski definition) is 5. The number of hydrogen-bond donors (Lipinski definition) is 0. The number of aromatic nitrogens is 1. The van der Waals surface area contributed by atoms with E-state index >= 15 is 0 Å². The molecule has 0 saturated heterocycles. The molecule has 0 radical (unpaired) electrons. The number of ether oxygens (including phenoxy) is 1. The van der Waals surface area contributed by atoms with E-state index in [9.17, 15) is 4.79 Å². The van der Waals surface area contributed by atoms with Crippen LogP contribution in [0.2, 0.25) is 0 Å². The van der Waals surface area contributed by atoms with Crippen molar-refractivity contribution in [1.29, 1.82) is 0 Å². The Bertz CT molecular complexity index is 304. The Balaban J connectivity index is 2.54.